The van der Waals surface area contributed by atoms with Gasteiger partial charge in [0.05, 0.1) is 5.56 Å². The molecule has 5 heteroatoms. The minimum Gasteiger partial charge on any atom is -0.380 e. The minimum absolute atomic E-state index is 0.0949. The van der Waals surface area contributed by atoms with Crippen LogP contribution in [0.25, 0.3) is 10.9 Å². The summed E-state index contributed by atoms with van der Waals surface area (Å²) in [7, 11) is 0. The van der Waals surface area contributed by atoms with Crippen LogP contribution in [0.15, 0.2) is 54.7 Å². The van der Waals surface area contributed by atoms with Crippen molar-refractivity contribution in [3.8, 4) is 0 Å². The number of hydrogen-bond acceptors (Lipinski definition) is 1. The van der Waals surface area contributed by atoms with Crippen LogP contribution in [0.2, 0.25) is 0 Å². The third-order valence-corrected chi connectivity index (χ3v) is 3.39. The Morgan fingerprint density at radius 1 is 0.952 bits per heavy atom. The molecule has 2 aromatic carbocycles. The lowest BCUT2D eigenvalue weighted by atomic mass is 10.1. The number of anilines is 1. The second-order valence-corrected chi connectivity index (χ2v) is 4.75. The number of nitrogens with one attached hydrogen (secondary N) is 2. The first-order chi connectivity index (χ1) is 10.1. The number of aromatic nitrogens is 1. The predicted molar refractivity (Wildman–Crippen MR) is 77.1 cm³/mol. The first kappa shape index (κ1) is 13.5. The monoisotopic (exact) mass is 290 g/mol. The summed E-state index contributed by atoms with van der Waals surface area (Å²) in [4.78, 5) is 3.09. The molecule has 0 aliphatic rings. The zero-order valence-electron chi connectivity index (χ0n) is 11.0. The van der Waals surface area contributed by atoms with Crippen LogP contribution in [0.1, 0.15) is 11.1 Å². The molecule has 0 amide bonds. The van der Waals surface area contributed by atoms with Gasteiger partial charge in [-0.3, -0.25) is 0 Å². The Balaban J connectivity index is 1.87. The Morgan fingerprint density at radius 2 is 1.76 bits per heavy atom. The fourth-order valence-electron chi connectivity index (χ4n) is 2.38. The largest absolute Gasteiger partial charge is 0.418 e. The Bertz CT molecular complexity index is 759. The highest BCUT2D eigenvalue weighted by Gasteiger charge is 2.33. The lowest BCUT2D eigenvalue weighted by molar-refractivity contribution is -0.136. The molecule has 0 aliphatic heterocycles. The van der Waals surface area contributed by atoms with Gasteiger partial charge in [0.15, 0.2) is 0 Å². The van der Waals surface area contributed by atoms with Gasteiger partial charge in [0.1, 0.15) is 0 Å². The number of H-pyrrole nitrogens is 1. The molecule has 0 aliphatic carbocycles. The number of hydrogen-bond donors (Lipinski definition) is 2. The van der Waals surface area contributed by atoms with Crippen LogP contribution in [-0.4, -0.2) is 4.98 Å². The number of benzene rings is 2. The fourth-order valence-corrected chi connectivity index (χ4v) is 2.38. The highest BCUT2D eigenvalue weighted by Crippen LogP contribution is 2.34. The summed E-state index contributed by atoms with van der Waals surface area (Å²) < 4.78 is 38.8. The maximum absolute atomic E-state index is 12.9. The first-order valence-electron chi connectivity index (χ1n) is 6.51. The van der Waals surface area contributed by atoms with Gasteiger partial charge >= 0.3 is 6.18 Å². The topological polar surface area (TPSA) is 27.8 Å². The van der Waals surface area contributed by atoms with E-state index in [0.717, 1.165) is 22.5 Å². The molecule has 0 atom stereocenters. The fraction of sp³-hybridized carbons (Fsp3) is 0.125. The summed E-state index contributed by atoms with van der Waals surface area (Å²) in [5.74, 6) is 0. The van der Waals surface area contributed by atoms with Crippen LogP contribution in [-0.2, 0) is 12.7 Å². The highest BCUT2D eigenvalue weighted by molar-refractivity contribution is 5.83. The second kappa shape index (κ2) is 5.16. The third kappa shape index (κ3) is 2.72. The van der Waals surface area contributed by atoms with Gasteiger partial charge in [0.25, 0.3) is 0 Å². The SMILES string of the molecule is FC(F)(F)c1ccccc1NCc1cccc2[nH]ccc12. The van der Waals surface area contributed by atoms with Crippen LogP contribution >= 0.6 is 0 Å². The van der Waals surface area contributed by atoms with Crippen molar-refractivity contribution in [2.24, 2.45) is 0 Å². The van der Waals surface area contributed by atoms with E-state index in [4.69, 9.17) is 0 Å². The molecule has 2 N–H and O–H groups in total. The summed E-state index contributed by atoms with van der Waals surface area (Å²) in [6.07, 6.45) is -2.54. The van der Waals surface area contributed by atoms with Gasteiger partial charge in [-0.05, 0) is 29.8 Å². The molecule has 0 bridgehead atoms. The summed E-state index contributed by atoms with van der Waals surface area (Å²) >= 11 is 0. The Hall–Kier alpha value is -2.43. The quantitative estimate of drug-likeness (QED) is 0.712. The molecule has 2 nitrogen and oxygen atoms in total. The number of aromatic amines is 1. The minimum atomic E-state index is -4.36. The number of alkyl halides is 3. The van der Waals surface area contributed by atoms with Gasteiger partial charge in [-0.1, -0.05) is 24.3 Å². The van der Waals surface area contributed by atoms with Crippen molar-refractivity contribution >= 4 is 16.6 Å². The van der Waals surface area contributed by atoms with Gasteiger partial charge in [-0.15, -0.1) is 0 Å². The summed E-state index contributed by atoms with van der Waals surface area (Å²) in [5.41, 5.74) is 1.37. The van der Waals surface area contributed by atoms with E-state index < -0.39 is 11.7 Å². The van der Waals surface area contributed by atoms with Gasteiger partial charge in [-0.2, -0.15) is 13.2 Å². The highest BCUT2D eigenvalue weighted by atomic mass is 19.4. The van der Waals surface area contributed by atoms with Crippen molar-refractivity contribution < 1.29 is 13.2 Å². The zero-order valence-corrected chi connectivity index (χ0v) is 11.0. The second-order valence-electron chi connectivity index (χ2n) is 4.75. The molecule has 21 heavy (non-hydrogen) atoms. The van der Waals surface area contributed by atoms with E-state index in [1.165, 1.54) is 12.1 Å². The van der Waals surface area contributed by atoms with Crippen LogP contribution in [0.5, 0.6) is 0 Å². The molecule has 0 fully saturated rings. The van der Waals surface area contributed by atoms with Gasteiger partial charge in [0.2, 0.25) is 0 Å². The smallest absolute Gasteiger partial charge is 0.380 e. The van der Waals surface area contributed by atoms with Gasteiger partial charge < -0.3 is 10.3 Å². The molecule has 0 radical (unpaired) electrons. The molecule has 0 saturated heterocycles. The number of fused-ring (bicyclic) bond motifs is 1. The summed E-state index contributed by atoms with van der Waals surface area (Å²) in [6, 6.07) is 13.1. The summed E-state index contributed by atoms with van der Waals surface area (Å²) in [5, 5.41) is 3.89. The third-order valence-electron chi connectivity index (χ3n) is 3.39. The molecule has 108 valence electrons. The molecule has 3 rings (SSSR count). The van der Waals surface area contributed by atoms with E-state index in [9.17, 15) is 13.2 Å². The van der Waals surface area contributed by atoms with E-state index in [1.807, 2.05) is 30.5 Å². The van der Waals surface area contributed by atoms with E-state index >= 15 is 0 Å². The maximum atomic E-state index is 12.9. The zero-order chi connectivity index (χ0) is 14.9. The Kier molecular flexibility index (Phi) is 3.33. The van der Waals surface area contributed by atoms with E-state index in [0.29, 0.717) is 6.54 Å². The molecular weight excluding hydrogens is 277 g/mol. The lowest BCUT2D eigenvalue weighted by Gasteiger charge is -2.14. The van der Waals surface area contributed by atoms with Crippen LogP contribution in [0, 0.1) is 0 Å². The van der Waals surface area contributed by atoms with E-state index in [-0.39, 0.29) is 5.69 Å². The van der Waals surface area contributed by atoms with Crippen LogP contribution in [0.4, 0.5) is 18.9 Å². The Labute approximate surface area is 119 Å². The molecule has 0 spiro atoms. The first-order valence-corrected chi connectivity index (χ1v) is 6.51. The number of para-hydroxylation sites is 1. The normalized spacial score (nSPS) is 11.8. The predicted octanol–water partition coefficient (Wildman–Crippen LogP) is 4.80. The molecule has 1 heterocycles. The van der Waals surface area contributed by atoms with Crippen molar-refractivity contribution in [2.75, 3.05) is 5.32 Å². The van der Waals surface area contributed by atoms with Crippen molar-refractivity contribution in [1.29, 1.82) is 0 Å². The van der Waals surface area contributed by atoms with Gasteiger partial charge in [-0.25, -0.2) is 0 Å². The lowest BCUT2D eigenvalue weighted by Crippen LogP contribution is -2.10. The van der Waals surface area contributed by atoms with Crippen molar-refractivity contribution in [1.82, 2.24) is 4.98 Å². The average molecular weight is 290 g/mol. The van der Waals surface area contributed by atoms with Crippen molar-refractivity contribution in [3.05, 3.63) is 65.9 Å². The molecule has 0 saturated carbocycles. The van der Waals surface area contributed by atoms with Crippen molar-refractivity contribution in [3.63, 3.8) is 0 Å². The standard InChI is InChI=1S/C16H13F3N2/c17-16(18,19)13-5-1-2-6-15(13)21-10-11-4-3-7-14-12(11)8-9-20-14/h1-9,20-21H,10H2. The Morgan fingerprint density at radius 3 is 2.57 bits per heavy atom. The molecular formula is C16H13F3N2. The molecule has 1 aromatic heterocycles. The number of rotatable bonds is 3. The van der Waals surface area contributed by atoms with Crippen LogP contribution in [0.3, 0.4) is 0 Å². The molecule has 3 aromatic rings. The summed E-state index contributed by atoms with van der Waals surface area (Å²) in [6.45, 7) is 0.336. The van der Waals surface area contributed by atoms with Gasteiger partial charge in [0, 0.05) is 29.3 Å². The van der Waals surface area contributed by atoms with E-state index in [1.54, 1.807) is 6.07 Å². The van der Waals surface area contributed by atoms with Crippen molar-refractivity contribution in [2.45, 2.75) is 12.7 Å². The van der Waals surface area contributed by atoms with E-state index in [2.05, 4.69) is 10.3 Å². The maximum Gasteiger partial charge on any atom is 0.418 e. The van der Waals surface area contributed by atoms with Crippen LogP contribution < -0.4 is 5.32 Å². The number of halogens is 3. The average Bonchev–Trinajstić information content (AvgIpc) is 2.93. The molecule has 0 unspecified atom stereocenters.